The van der Waals surface area contributed by atoms with E-state index < -0.39 is 0 Å². The Balaban J connectivity index is 2.21. The van der Waals surface area contributed by atoms with Crippen molar-refractivity contribution in [2.45, 2.75) is 25.8 Å². The van der Waals surface area contributed by atoms with E-state index in [9.17, 15) is 4.79 Å². The highest BCUT2D eigenvalue weighted by molar-refractivity contribution is 5.96. The first-order valence-corrected chi connectivity index (χ1v) is 6.34. The van der Waals surface area contributed by atoms with Gasteiger partial charge in [-0.25, -0.2) is 0 Å². The Kier molecular flexibility index (Phi) is 4.02. The van der Waals surface area contributed by atoms with Gasteiger partial charge < -0.3 is 10.2 Å². The van der Waals surface area contributed by atoms with Gasteiger partial charge in [-0.2, -0.15) is 10.5 Å². The molecule has 1 aliphatic rings. The largest absolute Gasteiger partial charge is 0.360 e. The van der Waals surface area contributed by atoms with Gasteiger partial charge in [0.05, 0.1) is 0 Å². The number of carbonyl (C=O) groups excluding carboxylic acids is 1. The van der Waals surface area contributed by atoms with Crippen LogP contribution in [0.2, 0.25) is 0 Å². The standard InChI is InChI=1S/C15H14N4O/c1-11-5-6-15(20)19(11)14-4-2-3-13(7-14)18-10-12(8-16)9-17/h2-4,7,10-11,18H,5-6H2,1H3. The van der Waals surface area contributed by atoms with E-state index in [1.807, 2.05) is 31.2 Å². The van der Waals surface area contributed by atoms with Crippen LogP contribution < -0.4 is 10.2 Å². The van der Waals surface area contributed by atoms with Crippen molar-refractivity contribution in [1.29, 1.82) is 10.5 Å². The molecule has 0 aliphatic carbocycles. The number of hydrogen-bond donors (Lipinski definition) is 1. The smallest absolute Gasteiger partial charge is 0.227 e. The van der Waals surface area contributed by atoms with Crippen LogP contribution in [0.4, 0.5) is 11.4 Å². The van der Waals surface area contributed by atoms with Gasteiger partial charge in [-0.05, 0) is 31.5 Å². The predicted octanol–water partition coefficient (Wildman–Crippen LogP) is 2.54. The molecule has 1 aromatic carbocycles. The molecular formula is C15H14N4O. The number of rotatable bonds is 3. The van der Waals surface area contributed by atoms with E-state index in [-0.39, 0.29) is 17.5 Å². The van der Waals surface area contributed by atoms with E-state index >= 15 is 0 Å². The molecule has 20 heavy (non-hydrogen) atoms. The maximum atomic E-state index is 11.9. The molecule has 1 amide bonds. The molecule has 1 saturated heterocycles. The maximum Gasteiger partial charge on any atom is 0.227 e. The first-order valence-electron chi connectivity index (χ1n) is 6.34. The van der Waals surface area contributed by atoms with Crippen LogP contribution in [-0.2, 0) is 4.79 Å². The van der Waals surface area contributed by atoms with E-state index in [1.165, 1.54) is 6.20 Å². The lowest BCUT2D eigenvalue weighted by Gasteiger charge is -2.22. The molecule has 1 unspecified atom stereocenters. The van der Waals surface area contributed by atoms with Gasteiger partial charge in [0.15, 0.2) is 0 Å². The Morgan fingerprint density at radius 2 is 2.20 bits per heavy atom. The zero-order chi connectivity index (χ0) is 14.5. The Hall–Kier alpha value is -2.79. The van der Waals surface area contributed by atoms with Gasteiger partial charge >= 0.3 is 0 Å². The lowest BCUT2D eigenvalue weighted by Crippen LogP contribution is -2.30. The summed E-state index contributed by atoms with van der Waals surface area (Å²) in [6.07, 6.45) is 2.80. The number of nitrogens with zero attached hydrogens (tertiary/aromatic N) is 3. The van der Waals surface area contributed by atoms with Crippen molar-refractivity contribution >= 4 is 17.3 Å². The van der Waals surface area contributed by atoms with Crippen molar-refractivity contribution in [3.05, 3.63) is 36.0 Å². The second-order valence-corrected chi connectivity index (χ2v) is 4.63. The van der Waals surface area contributed by atoms with Gasteiger partial charge in [0.2, 0.25) is 5.91 Å². The second-order valence-electron chi connectivity index (χ2n) is 4.63. The van der Waals surface area contributed by atoms with Crippen LogP contribution >= 0.6 is 0 Å². The minimum atomic E-state index is 0.000944. The van der Waals surface area contributed by atoms with Gasteiger partial charge in [-0.1, -0.05) is 6.07 Å². The Bertz CT molecular complexity index is 620. The molecule has 1 N–H and O–H groups in total. The van der Waals surface area contributed by atoms with E-state index in [0.29, 0.717) is 6.42 Å². The number of benzene rings is 1. The number of anilines is 2. The minimum absolute atomic E-state index is 0.000944. The monoisotopic (exact) mass is 266 g/mol. The molecule has 0 spiro atoms. The minimum Gasteiger partial charge on any atom is -0.360 e. The number of nitrogens with one attached hydrogen (secondary N) is 1. The zero-order valence-corrected chi connectivity index (χ0v) is 11.1. The van der Waals surface area contributed by atoms with E-state index in [2.05, 4.69) is 5.32 Å². The normalized spacial score (nSPS) is 17.2. The molecule has 0 saturated carbocycles. The fourth-order valence-electron chi connectivity index (χ4n) is 2.22. The van der Waals surface area contributed by atoms with Crippen LogP contribution in [0.25, 0.3) is 0 Å². The third kappa shape index (κ3) is 2.78. The fourth-order valence-corrected chi connectivity index (χ4v) is 2.22. The topological polar surface area (TPSA) is 79.9 Å². The SMILES string of the molecule is CC1CCC(=O)N1c1cccc(NC=C(C#N)C#N)c1. The van der Waals surface area contributed by atoms with Crippen LogP contribution in [0.15, 0.2) is 36.0 Å². The van der Waals surface area contributed by atoms with Gasteiger partial charge in [0, 0.05) is 30.0 Å². The summed E-state index contributed by atoms with van der Waals surface area (Å²) in [5.74, 6) is 0.125. The quantitative estimate of drug-likeness (QED) is 0.852. The highest BCUT2D eigenvalue weighted by Gasteiger charge is 2.28. The molecule has 2 rings (SSSR count). The molecule has 5 nitrogen and oxygen atoms in total. The number of allylic oxidation sites excluding steroid dienone is 1. The van der Waals surface area contributed by atoms with Gasteiger partial charge in [0.25, 0.3) is 0 Å². The summed E-state index contributed by atoms with van der Waals surface area (Å²) in [6.45, 7) is 2.02. The lowest BCUT2D eigenvalue weighted by molar-refractivity contribution is -0.117. The van der Waals surface area contributed by atoms with E-state index in [4.69, 9.17) is 10.5 Å². The third-order valence-corrected chi connectivity index (χ3v) is 3.23. The molecule has 1 fully saturated rings. The van der Waals surface area contributed by atoms with Crippen LogP contribution in [0, 0.1) is 22.7 Å². The number of hydrogen-bond acceptors (Lipinski definition) is 4. The van der Waals surface area contributed by atoms with E-state index in [0.717, 1.165) is 17.8 Å². The molecule has 5 heteroatoms. The number of amides is 1. The molecule has 100 valence electrons. The van der Waals surface area contributed by atoms with Gasteiger partial charge in [-0.3, -0.25) is 4.79 Å². The second kappa shape index (κ2) is 5.90. The molecule has 0 bridgehead atoms. The van der Waals surface area contributed by atoms with Crippen molar-refractivity contribution in [1.82, 2.24) is 0 Å². The average Bonchev–Trinajstić information content (AvgIpc) is 2.79. The Labute approximate surface area is 117 Å². The van der Waals surface area contributed by atoms with Gasteiger partial charge in [0.1, 0.15) is 17.7 Å². The van der Waals surface area contributed by atoms with Crippen molar-refractivity contribution in [2.75, 3.05) is 10.2 Å². The van der Waals surface area contributed by atoms with Crippen LogP contribution in [0.3, 0.4) is 0 Å². The highest BCUT2D eigenvalue weighted by atomic mass is 16.2. The van der Waals surface area contributed by atoms with Crippen molar-refractivity contribution in [2.24, 2.45) is 0 Å². The first kappa shape index (κ1) is 13.6. The van der Waals surface area contributed by atoms with Crippen LogP contribution in [0.1, 0.15) is 19.8 Å². The van der Waals surface area contributed by atoms with Crippen molar-refractivity contribution in [3.8, 4) is 12.1 Å². The lowest BCUT2D eigenvalue weighted by atomic mass is 10.2. The Morgan fingerprint density at radius 3 is 2.80 bits per heavy atom. The summed E-state index contributed by atoms with van der Waals surface area (Å²) in [6, 6.07) is 11.1. The molecule has 1 atom stereocenters. The summed E-state index contributed by atoms with van der Waals surface area (Å²) >= 11 is 0. The molecule has 1 heterocycles. The summed E-state index contributed by atoms with van der Waals surface area (Å²) in [4.78, 5) is 13.6. The van der Waals surface area contributed by atoms with E-state index in [1.54, 1.807) is 17.0 Å². The molecule has 1 aromatic rings. The first-order chi connectivity index (χ1) is 9.65. The van der Waals surface area contributed by atoms with Crippen LogP contribution in [-0.4, -0.2) is 11.9 Å². The Morgan fingerprint density at radius 1 is 1.45 bits per heavy atom. The average molecular weight is 266 g/mol. The molecule has 0 aromatic heterocycles. The number of nitriles is 2. The summed E-state index contributed by atoms with van der Waals surface area (Å²) in [5.41, 5.74) is 1.56. The van der Waals surface area contributed by atoms with Crippen molar-refractivity contribution in [3.63, 3.8) is 0 Å². The third-order valence-electron chi connectivity index (χ3n) is 3.23. The summed E-state index contributed by atoms with van der Waals surface area (Å²) in [5, 5.41) is 20.2. The number of carbonyl (C=O) groups is 1. The maximum absolute atomic E-state index is 11.9. The molecular weight excluding hydrogens is 252 g/mol. The summed E-state index contributed by atoms with van der Waals surface area (Å²) in [7, 11) is 0. The van der Waals surface area contributed by atoms with Gasteiger partial charge in [-0.15, -0.1) is 0 Å². The summed E-state index contributed by atoms with van der Waals surface area (Å²) < 4.78 is 0. The van der Waals surface area contributed by atoms with Crippen LogP contribution in [0.5, 0.6) is 0 Å². The fraction of sp³-hybridized carbons (Fsp3) is 0.267. The predicted molar refractivity (Wildman–Crippen MR) is 75.6 cm³/mol. The highest BCUT2D eigenvalue weighted by Crippen LogP contribution is 2.28. The molecule has 1 aliphatic heterocycles. The molecule has 0 radical (unpaired) electrons. The zero-order valence-electron chi connectivity index (χ0n) is 11.1. The van der Waals surface area contributed by atoms with Crippen molar-refractivity contribution < 1.29 is 4.79 Å².